The summed E-state index contributed by atoms with van der Waals surface area (Å²) >= 11 is 7.61. The lowest BCUT2D eigenvalue weighted by molar-refractivity contribution is -0.129. The second kappa shape index (κ2) is 8.23. The van der Waals surface area contributed by atoms with Crippen molar-refractivity contribution in [2.24, 2.45) is 0 Å². The fourth-order valence-corrected chi connectivity index (χ4v) is 3.25. The second-order valence-electron chi connectivity index (χ2n) is 6.89. The smallest absolute Gasteiger partial charge is 0.258 e. The van der Waals surface area contributed by atoms with Gasteiger partial charge in [0, 0.05) is 16.3 Å². The molecule has 25 heavy (non-hydrogen) atoms. The number of hydrogen-bond donors (Lipinski definition) is 1. The minimum absolute atomic E-state index is 0.0276. The van der Waals surface area contributed by atoms with E-state index in [1.165, 1.54) is 0 Å². The second-order valence-corrected chi connectivity index (χ2v) is 9.13. The van der Waals surface area contributed by atoms with Crippen LogP contribution in [0.3, 0.4) is 0 Å². The van der Waals surface area contributed by atoms with Crippen LogP contribution in [0.15, 0.2) is 23.0 Å². The Hall–Kier alpha value is -1.53. The van der Waals surface area contributed by atoms with Crippen LogP contribution in [-0.2, 0) is 11.3 Å². The number of rotatable bonds is 6. The summed E-state index contributed by atoms with van der Waals surface area (Å²) in [5.41, 5.74) is 0.323. The normalized spacial score (nSPS) is 11.7. The number of aromatic amines is 1. The van der Waals surface area contributed by atoms with Crippen molar-refractivity contribution in [1.29, 1.82) is 0 Å². The van der Waals surface area contributed by atoms with Gasteiger partial charge in [0.05, 0.1) is 23.2 Å². The molecule has 1 heterocycles. The van der Waals surface area contributed by atoms with E-state index in [-0.39, 0.29) is 22.8 Å². The number of amides is 1. The highest BCUT2D eigenvalue weighted by Crippen LogP contribution is 2.23. The van der Waals surface area contributed by atoms with Crippen molar-refractivity contribution in [3.8, 4) is 0 Å². The van der Waals surface area contributed by atoms with E-state index in [1.807, 2.05) is 6.92 Å². The number of fused-ring (bicyclic) bond motifs is 1. The van der Waals surface area contributed by atoms with Gasteiger partial charge in [-0.15, -0.1) is 11.8 Å². The third-order valence-electron chi connectivity index (χ3n) is 3.53. The van der Waals surface area contributed by atoms with Gasteiger partial charge in [-0.2, -0.15) is 0 Å². The third-order valence-corrected chi connectivity index (χ3v) is 5.03. The molecular formula is C18H24ClN3O2S. The molecule has 0 saturated heterocycles. The molecule has 2 rings (SSSR count). The van der Waals surface area contributed by atoms with Crippen LogP contribution < -0.4 is 5.56 Å². The minimum atomic E-state index is -0.218. The first kappa shape index (κ1) is 19.8. The van der Waals surface area contributed by atoms with Crippen molar-refractivity contribution in [2.75, 3.05) is 12.3 Å². The van der Waals surface area contributed by atoms with Gasteiger partial charge in [0.15, 0.2) is 0 Å². The maximum absolute atomic E-state index is 12.6. The monoisotopic (exact) mass is 381 g/mol. The molecule has 2 aromatic rings. The molecule has 0 unspecified atom stereocenters. The summed E-state index contributed by atoms with van der Waals surface area (Å²) in [5.74, 6) is 0.936. The van der Waals surface area contributed by atoms with Crippen molar-refractivity contribution in [3.05, 3.63) is 39.4 Å². The molecule has 0 bridgehead atoms. The van der Waals surface area contributed by atoms with E-state index in [0.717, 1.165) is 6.42 Å². The molecule has 0 saturated carbocycles. The Labute approximate surface area is 157 Å². The van der Waals surface area contributed by atoms with Crippen molar-refractivity contribution < 1.29 is 4.79 Å². The molecule has 0 aliphatic heterocycles. The van der Waals surface area contributed by atoms with E-state index in [2.05, 4.69) is 30.7 Å². The van der Waals surface area contributed by atoms with E-state index in [0.29, 0.717) is 34.0 Å². The molecule has 0 atom stereocenters. The first-order valence-electron chi connectivity index (χ1n) is 8.30. The first-order chi connectivity index (χ1) is 11.7. The van der Waals surface area contributed by atoms with Crippen LogP contribution >= 0.6 is 23.4 Å². The fourth-order valence-electron chi connectivity index (χ4n) is 2.35. The lowest BCUT2D eigenvalue weighted by Gasteiger charge is -2.24. The van der Waals surface area contributed by atoms with Crippen molar-refractivity contribution >= 4 is 40.2 Å². The molecule has 0 fully saturated rings. The molecule has 136 valence electrons. The Kier molecular flexibility index (Phi) is 6.52. The first-order valence-corrected chi connectivity index (χ1v) is 9.66. The Morgan fingerprint density at radius 2 is 2.08 bits per heavy atom. The zero-order valence-electron chi connectivity index (χ0n) is 15.1. The van der Waals surface area contributed by atoms with Gasteiger partial charge in [-0.25, -0.2) is 4.98 Å². The number of H-pyrrole nitrogens is 1. The van der Waals surface area contributed by atoms with Gasteiger partial charge in [0.25, 0.3) is 5.56 Å². The molecule has 1 aromatic heterocycles. The molecule has 0 aliphatic rings. The third kappa shape index (κ3) is 5.75. The summed E-state index contributed by atoms with van der Waals surface area (Å²) < 4.78 is 0.0276. The van der Waals surface area contributed by atoms with Crippen LogP contribution in [0.5, 0.6) is 0 Å². The number of nitrogens with one attached hydrogen (secondary N) is 1. The highest BCUT2D eigenvalue weighted by atomic mass is 35.5. The quantitative estimate of drug-likeness (QED) is 0.825. The summed E-state index contributed by atoms with van der Waals surface area (Å²) in [6.45, 7) is 9.19. The molecule has 1 N–H and O–H groups in total. The number of carbonyl (C=O) groups is 1. The zero-order chi connectivity index (χ0) is 18.6. The highest BCUT2D eigenvalue weighted by Gasteiger charge is 2.19. The van der Waals surface area contributed by atoms with E-state index in [4.69, 9.17) is 11.6 Å². The van der Waals surface area contributed by atoms with Crippen LogP contribution in [0.25, 0.3) is 10.9 Å². The van der Waals surface area contributed by atoms with Crippen LogP contribution in [-0.4, -0.2) is 37.8 Å². The van der Waals surface area contributed by atoms with E-state index < -0.39 is 0 Å². The number of aromatic nitrogens is 2. The van der Waals surface area contributed by atoms with Crippen LogP contribution in [0.4, 0.5) is 0 Å². The average Bonchev–Trinajstić information content (AvgIpc) is 2.51. The van der Waals surface area contributed by atoms with Gasteiger partial charge in [0.2, 0.25) is 5.91 Å². The summed E-state index contributed by atoms with van der Waals surface area (Å²) in [7, 11) is 0. The fraction of sp³-hybridized carbons (Fsp3) is 0.500. The van der Waals surface area contributed by atoms with Crippen molar-refractivity contribution in [2.45, 2.75) is 45.4 Å². The maximum Gasteiger partial charge on any atom is 0.258 e. The largest absolute Gasteiger partial charge is 0.335 e. The number of nitrogens with zero attached hydrogens (tertiary/aromatic N) is 2. The predicted octanol–water partition coefficient (Wildman–Crippen LogP) is 3.85. The maximum atomic E-state index is 12.6. The van der Waals surface area contributed by atoms with Gasteiger partial charge in [-0.1, -0.05) is 39.3 Å². The van der Waals surface area contributed by atoms with Crippen LogP contribution in [0.1, 0.15) is 39.9 Å². The van der Waals surface area contributed by atoms with Crippen molar-refractivity contribution in [1.82, 2.24) is 14.9 Å². The molecule has 1 aromatic carbocycles. The van der Waals surface area contributed by atoms with E-state index in [1.54, 1.807) is 34.9 Å². The minimum Gasteiger partial charge on any atom is -0.335 e. The van der Waals surface area contributed by atoms with Crippen LogP contribution in [0, 0.1) is 0 Å². The SMILES string of the molecule is CCCN(Cc1nc2cc(Cl)ccc2c(=O)[nH]1)C(=O)CSC(C)(C)C. The molecule has 7 heteroatoms. The number of thioether (sulfide) groups is 1. The number of benzene rings is 1. The van der Waals surface area contributed by atoms with Gasteiger partial charge in [-0.3, -0.25) is 9.59 Å². The van der Waals surface area contributed by atoms with E-state index >= 15 is 0 Å². The summed E-state index contributed by atoms with van der Waals surface area (Å²) in [6.07, 6.45) is 0.843. The molecule has 5 nitrogen and oxygen atoms in total. The molecule has 0 spiro atoms. The van der Waals surface area contributed by atoms with Gasteiger partial charge < -0.3 is 9.88 Å². The Balaban J connectivity index is 2.22. The Bertz CT molecular complexity index is 814. The van der Waals surface area contributed by atoms with Gasteiger partial charge in [0.1, 0.15) is 5.82 Å². The number of carbonyl (C=O) groups excluding carboxylic acids is 1. The molecule has 1 amide bonds. The standard InChI is InChI=1S/C18H24ClN3O2S/c1-5-8-22(16(23)11-25-18(2,3)4)10-15-20-14-9-12(19)6-7-13(14)17(24)21-15/h6-7,9H,5,8,10-11H2,1-4H3,(H,20,21,24). The lowest BCUT2D eigenvalue weighted by Crippen LogP contribution is -2.34. The Morgan fingerprint density at radius 1 is 1.36 bits per heavy atom. The van der Waals surface area contributed by atoms with Crippen LogP contribution in [0.2, 0.25) is 5.02 Å². The van der Waals surface area contributed by atoms with E-state index in [9.17, 15) is 9.59 Å². The zero-order valence-corrected chi connectivity index (χ0v) is 16.6. The number of halogens is 1. The summed E-state index contributed by atoms with van der Waals surface area (Å²) in [6, 6.07) is 4.98. The highest BCUT2D eigenvalue weighted by molar-refractivity contribution is 8.01. The average molecular weight is 382 g/mol. The molecular weight excluding hydrogens is 358 g/mol. The summed E-state index contributed by atoms with van der Waals surface area (Å²) in [4.78, 5) is 33.8. The predicted molar refractivity (Wildman–Crippen MR) is 105 cm³/mol. The van der Waals surface area contributed by atoms with Crippen molar-refractivity contribution in [3.63, 3.8) is 0 Å². The van der Waals surface area contributed by atoms with Gasteiger partial charge in [-0.05, 0) is 24.6 Å². The number of hydrogen-bond acceptors (Lipinski definition) is 4. The summed E-state index contributed by atoms with van der Waals surface area (Å²) in [5, 5.41) is 1.02. The Morgan fingerprint density at radius 3 is 2.72 bits per heavy atom. The topological polar surface area (TPSA) is 66.1 Å². The molecule has 0 radical (unpaired) electrons. The lowest BCUT2D eigenvalue weighted by atomic mass is 10.2. The molecule has 0 aliphatic carbocycles. The van der Waals surface area contributed by atoms with Gasteiger partial charge >= 0.3 is 0 Å².